The van der Waals surface area contributed by atoms with Crippen molar-refractivity contribution in [2.45, 2.75) is 26.8 Å². The summed E-state index contributed by atoms with van der Waals surface area (Å²) in [5.74, 6) is -1.48. The Kier molecular flexibility index (Phi) is 5.83. The van der Waals surface area contributed by atoms with Crippen LogP contribution in [0.2, 0.25) is 0 Å². The van der Waals surface area contributed by atoms with Gasteiger partial charge in [0.05, 0.1) is 22.2 Å². The maximum atomic E-state index is 14.0. The molecule has 1 N–H and O–H groups in total. The van der Waals surface area contributed by atoms with E-state index in [-0.39, 0.29) is 11.4 Å². The fourth-order valence-electron chi connectivity index (χ4n) is 4.47. The Morgan fingerprint density at radius 2 is 1.60 bits per heavy atom. The Labute approximate surface area is 208 Å². The predicted octanol–water partition coefficient (Wildman–Crippen LogP) is 6.52. The van der Waals surface area contributed by atoms with E-state index < -0.39 is 17.7 Å². The Morgan fingerprint density at radius 1 is 0.914 bits per heavy atom. The average Bonchev–Trinajstić information content (AvgIpc) is 3.37. The molecule has 5 nitrogen and oxygen atoms in total. The SMILES string of the molecule is Cc1cccc(C2C(C(=O)c3sc(-c4ccccc4)nc3C)=C(O)C(=O)N2c2cccc(C)c2)c1. The number of hydrogen-bond donors (Lipinski definition) is 1. The van der Waals surface area contributed by atoms with Crippen molar-refractivity contribution in [1.29, 1.82) is 0 Å². The van der Waals surface area contributed by atoms with Crippen LogP contribution in [0.5, 0.6) is 0 Å². The Balaban J connectivity index is 1.65. The Bertz CT molecular complexity index is 1490. The van der Waals surface area contributed by atoms with Gasteiger partial charge in [-0.25, -0.2) is 4.98 Å². The van der Waals surface area contributed by atoms with Gasteiger partial charge < -0.3 is 5.11 Å². The number of aliphatic hydroxyl groups excluding tert-OH is 1. The summed E-state index contributed by atoms with van der Waals surface area (Å²) in [5, 5.41) is 11.8. The summed E-state index contributed by atoms with van der Waals surface area (Å²) in [4.78, 5) is 33.9. The molecule has 0 bridgehead atoms. The van der Waals surface area contributed by atoms with Crippen LogP contribution >= 0.6 is 11.3 Å². The summed E-state index contributed by atoms with van der Waals surface area (Å²) in [7, 11) is 0. The van der Waals surface area contributed by atoms with E-state index in [9.17, 15) is 14.7 Å². The van der Waals surface area contributed by atoms with Gasteiger partial charge in [0, 0.05) is 11.3 Å². The average molecular weight is 481 g/mol. The molecule has 35 heavy (non-hydrogen) atoms. The van der Waals surface area contributed by atoms with Crippen molar-refractivity contribution in [2.75, 3.05) is 4.90 Å². The first kappa shape index (κ1) is 22.7. The van der Waals surface area contributed by atoms with Gasteiger partial charge in [-0.3, -0.25) is 14.5 Å². The summed E-state index contributed by atoms with van der Waals surface area (Å²) >= 11 is 1.27. The van der Waals surface area contributed by atoms with Gasteiger partial charge in [-0.15, -0.1) is 11.3 Å². The van der Waals surface area contributed by atoms with Gasteiger partial charge in [-0.2, -0.15) is 0 Å². The number of aryl methyl sites for hydroxylation is 3. The lowest BCUT2D eigenvalue weighted by atomic mass is 9.94. The molecule has 1 atom stereocenters. The molecule has 1 amide bonds. The molecule has 5 rings (SSSR count). The topological polar surface area (TPSA) is 70.5 Å². The number of thiazole rings is 1. The molecular formula is C29H24N2O3S. The molecule has 4 aromatic rings. The fraction of sp³-hybridized carbons (Fsp3) is 0.138. The zero-order valence-corrected chi connectivity index (χ0v) is 20.5. The number of aromatic nitrogens is 1. The van der Waals surface area contributed by atoms with Gasteiger partial charge >= 0.3 is 0 Å². The largest absolute Gasteiger partial charge is 0.503 e. The Hall–Kier alpha value is -4.03. The van der Waals surface area contributed by atoms with Crippen LogP contribution in [0.3, 0.4) is 0 Å². The van der Waals surface area contributed by atoms with Gasteiger partial charge in [0.25, 0.3) is 5.91 Å². The normalized spacial score (nSPS) is 15.7. The van der Waals surface area contributed by atoms with E-state index in [1.54, 1.807) is 6.92 Å². The number of Topliss-reactive ketones (excluding diaryl/α,β-unsaturated/α-hetero) is 1. The summed E-state index contributed by atoms with van der Waals surface area (Å²) in [6.45, 7) is 5.68. The van der Waals surface area contributed by atoms with Crippen LogP contribution in [0.1, 0.15) is 38.1 Å². The van der Waals surface area contributed by atoms with Gasteiger partial charge in [0.2, 0.25) is 5.78 Å². The third-order valence-electron chi connectivity index (χ3n) is 6.11. The second kappa shape index (κ2) is 8.96. The molecule has 1 aliphatic rings. The van der Waals surface area contributed by atoms with Crippen LogP contribution in [-0.4, -0.2) is 21.8 Å². The number of carbonyl (C=O) groups is 2. The van der Waals surface area contributed by atoms with Crippen molar-refractivity contribution in [1.82, 2.24) is 4.98 Å². The lowest BCUT2D eigenvalue weighted by Crippen LogP contribution is -2.31. The Morgan fingerprint density at radius 3 is 2.29 bits per heavy atom. The highest BCUT2D eigenvalue weighted by Gasteiger charge is 2.45. The predicted molar refractivity (Wildman–Crippen MR) is 139 cm³/mol. The number of amides is 1. The number of carbonyl (C=O) groups excluding carboxylic acids is 2. The molecule has 1 unspecified atom stereocenters. The van der Waals surface area contributed by atoms with E-state index in [0.717, 1.165) is 27.3 Å². The number of aliphatic hydroxyl groups is 1. The minimum Gasteiger partial charge on any atom is -0.503 e. The van der Waals surface area contributed by atoms with E-state index in [1.807, 2.05) is 92.7 Å². The summed E-state index contributed by atoms with van der Waals surface area (Å²) in [6.07, 6.45) is 0. The van der Waals surface area contributed by atoms with Gasteiger partial charge in [0.15, 0.2) is 5.76 Å². The first-order valence-corrected chi connectivity index (χ1v) is 12.1. The number of nitrogens with zero attached hydrogens (tertiary/aromatic N) is 2. The summed E-state index contributed by atoms with van der Waals surface area (Å²) in [5.41, 5.74) is 4.93. The van der Waals surface area contributed by atoms with E-state index >= 15 is 0 Å². The number of rotatable bonds is 5. The molecule has 0 spiro atoms. The van der Waals surface area contributed by atoms with Crippen molar-refractivity contribution < 1.29 is 14.7 Å². The van der Waals surface area contributed by atoms with Crippen LogP contribution < -0.4 is 4.90 Å². The highest BCUT2D eigenvalue weighted by Crippen LogP contribution is 2.43. The molecule has 174 valence electrons. The van der Waals surface area contributed by atoms with Crippen LogP contribution in [-0.2, 0) is 4.79 Å². The number of hydrogen-bond acceptors (Lipinski definition) is 5. The van der Waals surface area contributed by atoms with Gasteiger partial charge in [-0.05, 0) is 44.0 Å². The molecule has 2 heterocycles. The molecule has 0 radical (unpaired) electrons. The molecule has 3 aromatic carbocycles. The highest BCUT2D eigenvalue weighted by atomic mass is 32.1. The summed E-state index contributed by atoms with van der Waals surface area (Å²) < 4.78 is 0. The first-order chi connectivity index (χ1) is 16.8. The minimum absolute atomic E-state index is 0.0773. The minimum atomic E-state index is -0.752. The molecule has 0 aliphatic carbocycles. The molecule has 0 fully saturated rings. The maximum absolute atomic E-state index is 14.0. The maximum Gasteiger partial charge on any atom is 0.294 e. The van der Waals surface area contributed by atoms with Crippen LogP contribution in [0.25, 0.3) is 10.6 Å². The molecule has 0 saturated heterocycles. The van der Waals surface area contributed by atoms with Crippen molar-refractivity contribution in [3.8, 4) is 10.6 Å². The van der Waals surface area contributed by atoms with Crippen LogP contribution in [0.4, 0.5) is 5.69 Å². The zero-order chi connectivity index (χ0) is 24.7. The second-order valence-electron chi connectivity index (χ2n) is 8.72. The molecule has 1 aliphatic heterocycles. The van der Waals surface area contributed by atoms with E-state index in [2.05, 4.69) is 4.98 Å². The molecular weight excluding hydrogens is 456 g/mol. The van der Waals surface area contributed by atoms with E-state index in [0.29, 0.717) is 16.3 Å². The number of anilines is 1. The fourth-order valence-corrected chi connectivity index (χ4v) is 5.50. The van der Waals surface area contributed by atoms with Crippen LogP contribution in [0.15, 0.2) is 90.2 Å². The standard InChI is InChI=1S/C29H24N2O3S/c1-17-9-7-13-21(15-17)24-23(26(33)29(34)31(24)22-14-8-10-18(2)16-22)25(32)27-19(3)30-28(35-27)20-11-5-4-6-12-20/h4-16,24,33H,1-3H3. The molecule has 1 aromatic heterocycles. The van der Waals surface area contributed by atoms with E-state index in [1.165, 1.54) is 16.2 Å². The molecule has 0 saturated carbocycles. The lowest BCUT2D eigenvalue weighted by molar-refractivity contribution is -0.117. The second-order valence-corrected chi connectivity index (χ2v) is 9.72. The van der Waals surface area contributed by atoms with Crippen molar-refractivity contribution in [3.05, 3.63) is 117 Å². The third kappa shape index (κ3) is 4.06. The van der Waals surface area contributed by atoms with Crippen LogP contribution in [0, 0.1) is 20.8 Å². The third-order valence-corrected chi connectivity index (χ3v) is 7.32. The quantitative estimate of drug-likeness (QED) is 0.330. The summed E-state index contributed by atoms with van der Waals surface area (Å²) in [6, 6.07) is 24.1. The smallest absolute Gasteiger partial charge is 0.294 e. The number of benzene rings is 3. The first-order valence-electron chi connectivity index (χ1n) is 11.3. The number of ketones is 1. The molecule has 6 heteroatoms. The van der Waals surface area contributed by atoms with Crippen molar-refractivity contribution >= 4 is 28.7 Å². The zero-order valence-electron chi connectivity index (χ0n) is 19.6. The van der Waals surface area contributed by atoms with Crippen molar-refractivity contribution in [2.24, 2.45) is 0 Å². The van der Waals surface area contributed by atoms with E-state index in [4.69, 9.17) is 0 Å². The van der Waals surface area contributed by atoms with Crippen molar-refractivity contribution in [3.63, 3.8) is 0 Å². The highest BCUT2D eigenvalue weighted by molar-refractivity contribution is 7.17. The van der Waals surface area contributed by atoms with Gasteiger partial charge in [-0.1, -0.05) is 72.3 Å². The monoisotopic (exact) mass is 480 g/mol. The van der Waals surface area contributed by atoms with Gasteiger partial charge in [0.1, 0.15) is 5.01 Å². The lowest BCUT2D eigenvalue weighted by Gasteiger charge is -2.27.